The summed E-state index contributed by atoms with van der Waals surface area (Å²) in [7, 11) is 0. The topological polar surface area (TPSA) is 111 Å². The molecule has 4 aliphatic rings. The van der Waals surface area contributed by atoms with E-state index in [1.807, 2.05) is 0 Å². The van der Waals surface area contributed by atoms with E-state index in [9.17, 15) is 5.11 Å². The lowest BCUT2D eigenvalue weighted by atomic mass is 10.2. The van der Waals surface area contributed by atoms with Gasteiger partial charge in [-0.05, 0) is 12.8 Å². The Kier molecular flexibility index (Phi) is 3.75. The number of nitrogen functional groups attached to an aromatic ring is 1. The average molecular weight is 339 g/mol. The highest BCUT2D eigenvalue weighted by molar-refractivity contribution is 7.99. The second-order valence-corrected chi connectivity index (χ2v) is 7.20. The number of rotatable bonds is 5. The molecule has 4 bridgehead atoms. The number of ether oxygens (including phenoxy) is 1. The van der Waals surface area contributed by atoms with E-state index in [0.717, 1.165) is 17.6 Å². The molecule has 0 aromatic carbocycles. The molecule has 1 unspecified atom stereocenters. The normalized spacial score (nSPS) is 29.9. The first-order valence-electron chi connectivity index (χ1n) is 7.97. The highest BCUT2D eigenvalue weighted by Gasteiger charge is 2.41. The summed E-state index contributed by atoms with van der Waals surface area (Å²) >= 11 is 1.61. The number of hydrogen-bond donors (Lipinski definition) is 3. The molecule has 23 heavy (non-hydrogen) atoms. The molecule has 9 heteroatoms. The minimum atomic E-state index is -0.491. The van der Waals surface area contributed by atoms with Crippen LogP contribution in [0.2, 0.25) is 0 Å². The number of nitrogens with two attached hydrogens (primary N) is 1. The maximum absolute atomic E-state index is 10.5. The van der Waals surface area contributed by atoms with Gasteiger partial charge in [0, 0.05) is 6.42 Å². The summed E-state index contributed by atoms with van der Waals surface area (Å²) in [4.78, 5) is 8.92. The van der Waals surface area contributed by atoms with Crippen molar-refractivity contribution in [3.8, 4) is 0 Å². The van der Waals surface area contributed by atoms with E-state index in [0.29, 0.717) is 30.4 Å². The summed E-state index contributed by atoms with van der Waals surface area (Å²) in [5, 5.41) is 20.3. The molecule has 2 aromatic heterocycles. The van der Waals surface area contributed by atoms with Crippen LogP contribution in [0.4, 0.5) is 5.82 Å². The quantitative estimate of drug-likeness (QED) is 0.694. The van der Waals surface area contributed by atoms with Crippen molar-refractivity contribution in [2.75, 3.05) is 18.9 Å². The van der Waals surface area contributed by atoms with Crippen LogP contribution in [-0.4, -0.2) is 55.0 Å². The van der Waals surface area contributed by atoms with Gasteiger partial charge >= 0.3 is 0 Å². The number of aliphatic hydroxyl groups is 2. The van der Waals surface area contributed by atoms with Gasteiger partial charge in [0.15, 0.2) is 16.6 Å². The Bertz CT molecular complexity index is 730. The third kappa shape index (κ3) is 2.25. The number of thioether (sulfide) groups is 1. The van der Waals surface area contributed by atoms with Gasteiger partial charge in [-0.15, -0.1) is 0 Å². The van der Waals surface area contributed by atoms with Crippen molar-refractivity contribution in [3.05, 3.63) is 0 Å². The molecule has 1 fully saturated rings. The summed E-state index contributed by atoms with van der Waals surface area (Å²) < 4.78 is 9.80. The summed E-state index contributed by atoms with van der Waals surface area (Å²) in [5.41, 5.74) is 7.74. The fourth-order valence-electron chi connectivity index (χ4n) is 3.63. The summed E-state index contributed by atoms with van der Waals surface area (Å²) in [5.74, 6) is 0.505. The number of aliphatic hydroxyl groups excluding tert-OH is 2. The van der Waals surface area contributed by atoms with Crippen LogP contribution in [-0.2, 0) is 4.74 Å². The Hall–Kier alpha value is -1.29. The zero-order valence-corrected chi connectivity index (χ0v) is 13.7. The second kappa shape index (κ2) is 5.66. The predicted octanol–water partition coefficient (Wildman–Crippen LogP) is 0.903. The maximum Gasteiger partial charge on any atom is 0.193 e. The first-order valence-corrected chi connectivity index (χ1v) is 8.85. The van der Waals surface area contributed by atoms with Gasteiger partial charge in [-0.1, -0.05) is 18.7 Å². The van der Waals surface area contributed by atoms with E-state index < -0.39 is 6.10 Å². The molecule has 126 valence electrons. The van der Waals surface area contributed by atoms with Gasteiger partial charge in [0.05, 0.1) is 31.5 Å². The van der Waals surface area contributed by atoms with Crippen molar-refractivity contribution < 1.29 is 14.9 Å². The highest BCUT2D eigenvalue weighted by Crippen LogP contribution is 2.46. The molecule has 4 atom stereocenters. The lowest BCUT2D eigenvalue weighted by Gasteiger charge is -2.32. The van der Waals surface area contributed by atoms with Gasteiger partial charge in [0.25, 0.3) is 0 Å². The lowest BCUT2D eigenvalue weighted by Crippen LogP contribution is -2.33. The lowest BCUT2D eigenvalue weighted by molar-refractivity contribution is 0.0252. The largest absolute Gasteiger partial charge is 0.394 e. The molecule has 0 amide bonds. The molecule has 3 aliphatic heterocycles. The summed E-state index contributed by atoms with van der Waals surface area (Å²) in [6.07, 6.45) is 1.67. The fraction of sp³-hybridized carbons (Fsp3) is 0.714. The Morgan fingerprint density at radius 1 is 1.35 bits per heavy atom. The van der Waals surface area contributed by atoms with E-state index >= 15 is 0 Å². The summed E-state index contributed by atoms with van der Waals surface area (Å²) in [6.45, 7) is 2.42. The minimum absolute atomic E-state index is 0.00238. The van der Waals surface area contributed by atoms with E-state index in [4.69, 9.17) is 15.6 Å². The highest BCUT2D eigenvalue weighted by atomic mass is 32.2. The zero-order valence-electron chi connectivity index (χ0n) is 12.9. The number of hydrogen-bond acceptors (Lipinski definition) is 7. The van der Waals surface area contributed by atoms with Gasteiger partial charge in [0.2, 0.25) is 0 Å². The van der Waals surface area contributed by atoms with Crippen LogP contribution in [0.5, 0.6) is 0 Å². The van der Waals surface area contributed by atoms with E-state index in [1.165, 1.54) is 0 Å². The van der Waals surface area contributed by atoms with E-state index in [2.05, 4.69) is 26.3 Å². The van der Waals surface area contributed by atoms with E-state index in [-0.39, 0.29) is 24.1 Å². The van der Waals surface area contributed by atoms with Gasteiger partial charge < -0.3 is 20.7 Å². The molecule has 0 radical (unpaired) electrons. The van der Waals surface area contributed by atoms with Gasteiger partial charge in [0.1, 0.15) is 10.9 Å². The average Bonchev–Trinajstić information content (AvgIpc) is 2.67. The van der Waals surface area contributed by atoms with Gasteiger partial charge in [-0.3, -0.25) is 9.36 Å². The third-order valence-electron chi connectivity index (χ3n) is 4.63. The van der Waals surface area contributed by atoms with Crippen LogP contribution >= 0.6 is 11.8 Å². The maximum atomic E-state index is 10.5. The SMILES string of the molecule is CCC1Sc2nc(N)c3c(n2)n([C@@H]2C[C@H](OCCO)C[C@H]2O)n31. The standard InChI is InChI=1S/C14H21N5O3S/c1-2-10-19-11-12(15)16-14(23-10)17-13(11)18(19)8-5-7(6-9(8)21)22-4-3-20/h7-10,20-21H,2-6H2,1H3,(H2,15,16,17)/t7-,8+,9+,10?/m0/s1. The van der Waals surface area contributed by atoms with Crippen LogP contribution in [0.15, 0.2) is 5.16 Å². The van der Waals surface area contributed by atoms with Crippen LogP contribution < -0.4 is 5.73 Å². The Morgan fingerprint density at radius 3 is 2.91 bits per heavy atom. The van der Waals surface area contributed by atoms with Crippen LogP contribution in [0.1, 0.15) is 37.6 Å². The Labute approximate surface area is 137 Å². The van der Waals surface area contributed by atoms with Crippen molar-refractivity contribution in [1.29, 1.82) is 0 Å². The zero-order chi connectivity index (χ0) is 16.1. The number of fused-ring (bicyclic) bond motifs is 1. The Balaban J connectivity index is 1.71. The first-order chi connectivity index (χ1) is 11.1. The number of nitrogens with zero attached hydrogens (tertiary/aromatic N) is 4. The molecular weight excluding hydrogens is 318 g/mol. The van der Waals surface area contributed by atoms with Crippen molar-refractivity contribution in [3.63, 3.8) is 0 Å². The molecule has 0 spiro atoms. The van der Waals surface area contributed by atoms with Crippen molar-refractivity contribution in [2.45, 2.75) is 55.0 Å². The predicted molar refractivity (Wildman–Crippen MR) is 86.2 cm³/mol. The molecule has 6 rings (SSSR count). The van der Waals surface area contributed by atoms with Crippen molar-refractivity contribution in [1.82, 2.24) is 19.3 Å². The molecule has 1 saturated carbocycles. The second-order valence-electron chi connectivity index (χ2n) is 6.06. The molecule has 4 N–H and O–H groups in total. The minimum Gasteiger partial charge on any atom is -0.394 e. The van der Waals surface area contributed by atoms with E-state index in [1.54, 1.807) is 11.8 Å². The molecule has 2 aromatic rings. The molecular formula is C14H21N5O3S. The molecule has 0 saturated heterocycles. The number of anilines is 1. The van der Waals surface area contributed by atoms with Crippen molar-refractivity contribution in [2.24, 2.45) is 0 Å². The van der Waals surface area contributed by atoms with Gasteiger partial charge in [-0.2, -0.15) is 0 Å². The third-order valence-corrected chi connectivity index (χ3v) is 5.82. The summed E-state index contributed by atoms with van der Waals surface area (Å²) in [6, 6.07) is -0.0823. The van der Waals surface area contributed by atoms with Crippen LogP contribution in [0.25, 0.3) is 11.2 Å². The monoisotopic (exact) mass is 339 g/mol. The number of aromatic nitrogens is 4. The Morgan fingerprint density at radius 2 is 2.17 bits per heavy atom. The molecule has 8 nitrogen and oxygen atoms in total. The van der Waals surface area contributed by atoms with Crippen LogP contribution in [0.3, 0.4) is 0 Å². The van der Waals surface area contributed by atoms with Crippen molar-refractivity contribution >= 4 is 28.7 Å². The molecule has 5 heterocycles. The molecule has 1 aliphatic carbocycles. The fourth-order valence-corrected chi connectivity index (χ4v) is 4.64. The first kappa shape index (κ1) is 15.3. The van der Waals surface area contributed by atoms with Gasteiger partial charge in [-0.25, -0.2) is 9.97 Å². The smallest absolute Gasteiger partial charge is 0.193 e. The van der Waals surface area contributed by atoms with Crippen LogP contribution in [0, 0.1) is 0 Å².